The van der Waals surface area contributed by atoms with E-state index in [0.29, 0.717) is 13.1 Å². The van der Waals surface area contributed by atoms with Crippen LogP contribution in [0.3, 0.4) is 0 Å². The largest absolute Gasteiger partial charge is 0.444 e. The number of ether oxygens (including phenoxy) is 1. The minimum Gasteiger partial charge on any atom is -0.444 e. The Morgan fingerprint density at radius 1 is 1.16 bits per heavy atom. The van der Waals surface area contributed by atoms with Gasteiger partial charge in [0.2, 0.25) is 0 Å². The molecule has 25 heavy (non-hydrogen) atoms. The second kappa shape index (κ2) is 11.2. The summed E-state index contributed by atoms with van der Waals surface area (Å²) in [5, 5.41) is 9.27. The van der Waals surface area contributed by atoms with Gasteiger partial charge >= 0.3 is 6.09 Å². The highest BCUT2D eigenvalue weighted by Gasteiger charge is 2.20. The van der Waals surface area contributed by atoms with Crippen LogP contribution in [0.1, 0.15) is 53.4 Å². The minimum atomic E-state index is -0.472. The lowest BCUT2D eigenvalue weighted by atomic mass is 10.0. The smallest absolute Gasteiger partial charge is 0.407 e. The monoisotopic (exact) mass is 355 g/mol. The molecule has 1 aliphatic rings. The van der Waals surface area contributed by atoms with Crippen molar-refractivity contribution >= 4 is 12.1 Å². The zero-order valence-electron chi connectivity index (χ0n) is 16.7. The van der Waals surface area contributed by atoms with E-state index in [4.69, 9.17) is 4.74 Å². The summed E-state index contributed by atoms with van der Waals surface area (Å²) >= 11 is 0. The van der Waals surface area contributed by atoms with Crippen LogP contribution < -0.4 is 16.0 Å². The van der Waals surface area contributed by atoms with Crippen LogP contribution in [0.5, 0.6) is 0 Å². The second-order valence-electron chi connectivity index (χ2n) is 7.45. The molecule has 0 aromatic carbocycles. The van der Waals surface area contributed by atoms with Gasteiger partial charge in [0.05, 0.1) is 0 Å². The van der Waals surface area contributed by atoms with E-state index in [9.17, 15) is 4.79 Å². The van der Waals surface area contributed by atoms with Crippen LogP contribution in [0.15, 0.2) is 4.99 Å². The summed E-state index contributed by atoms with van der Waals surface area (Å²) in [6, 6.07) is 0.726. The number of amides is 1. The SMILES string of the molecule is CCC1CCCCN1CCNC(=NC)NCCNC(=O)OC(C)(C)C. The number of guanidine groups is 1. The standard InChI is InChI=1S/C18H37N5O2/c1-6-15-9-7-8-13-23(15)14-12-21-16(19-5)20-10-11-22-17(24)25-18(2,3)4/h15H,6-14H2,1-5H3,(H,22,24)(H2,19,20,21). The van der Waals surface area contributed by atoms with Gasteiger partial charge in [-0.05, 0) is 46.6 Å². The Labute approximate surface area is 153 Å². The third kappa shape index (κ3) is 9.53. The van der Waals surface area contributed by atoms with E-state index >= 15 is 0 Å². The Morgan fingerprint density at radius 3 is 2.48 bits per heavy atom. The average Bonchev–Trinajstić information content (AvgIpc) is 2.55. The molecule has 0 saturated carbocycles. The highest BCUT2D eigenvalue weighted by molar-refractivity contribution is 5.79. The normalized spacial score (nSPS) is 19.4. The Bertz CT molecular complexity index is 420. The summed E-state index contributed by atoms with van der Waals surface area (Å²) in [7, 11) is 1.76. The minimum absolute atomic E-state index is 0.395. The van der Waals surface area contributed by atoms with Gasteiger partial charge in [-0.15, -0.1) is 0 Å². The number of nitrogens with one attached hydrogen (secondary N) is 3. The van der Waals surface area contributed by atoms with Gasteiger partial charge < -0.3 is 20.7 Å². The summed E-state index contributed by atoms with van der Waals surface area (Å²) < 4.78 is 5.19. The summed E-state index contributed by atoms with van der Waals surface area (Å²) in [5.74, 6) is 0.760. The van der Waals surface area contributed by atoms with Gasteiger partial charge in [0, 0.05) is 39.3 Å². The molecule has 0 aliphatic carbocycles. The molecule has 1 aliphatic heterocycles. The molecule has 0 aromatic heterocycles. The van der Waals surface area contributed by atoms with E-state index in [2.05, 4.69) is 32.8 Å². The molecule has 0 bridgehead atoms. The molecule has 3 N–H and O–H groups in total. The zero-order valence-corrected chi connectivity index (χ0v) is 16.7. The molecule has 0 radical (unpaired) electrons. The van der Waals surface area contributed by atoms with Gasteiger partial charge in [-0.1, -0.05) is 13.3 Å². The summed E-state index contributed by atoms with van der Waals surface area (Å²) in [6.45, 7) is 12.0. The first-order valence-corrected chi connectivity index (χ1v) is 9.51. The van der Waals surface area contributed by atoms with Crippen LogP contribution in [0.2, 0.25) is 0 Å². The van der Waals surface area contributed by atoms with Crippen molar-refractivity contribution in [3.8, 4) is 0 Å². The molecule has 7 heteroatoms. The molecule has 146 valence electrons. The fourth-order valence-corrected chi connectivity index (χ4v) is 3.01. The fraction of sp³-hybridized carbons (Fsp3) is 0.889. The lowest BCUT2D eigenvalue weighted by Crippen LogP contribution is -2.47. The van der Waals surface area contributed by atoms with Crippen molar-refractivity contribution in [3.05, 3.63) is 0 Å². The Balaban J connectivity index is 2.17. The number of carbonyl (C=O) groups excluding carboxylic acids is 1. The van der Waals surface area contributed by atoms with Gasteiger partial charge in [-0.3, -0.25) is 9.89 Å². The third-order valence-electron chi connectivity index (χ3n) is 4.22. The van der Waals surface area contributed by atoms with Crippen molar-refractivity contribution in [1.29, 1.82) is 0 Å². The van der Waals surface area contributed by atoms with E-state index in [1.54, 1.807) is 7.05 Å². The number of likely N-dealkylation sites (tertiary alicyclic amines) is 1. The maximum Gasteiger partial charge on any atom is 0.407 e. The topological polar surface area (TPSA) is 78.0 Å². The van der Waals surface area contributed by atoms with Gasteiger partial charge in [-0.2, -0.15) is 0 Å². The van der Waals surface area contributed by atoms with Gasteiger partial charge in [0.1, 0.15) is 5.60 Å². The van der Waals surface area contributed by atoms with Crippen LogP contribution >= 0.6 is 0 Å². The quantitative estimate of drug-likeness (QED) is 0.370. The lowest BCUT2D eigenvalue weighted by molar-refractivity contribution is 0.0529. The van der Waals surface area contributed by atoms with E-state index in [0.717, 1.165) is 25.1 Å². The molecule has 0 spiro atoms. The number of aliphatic imine (C=N–C) groups is 1. The summed E-state index contributed by atoms with van der Waals surface area (Å²) in [4.78, 5) is 18.4. The summed E-state index contributed by atoms with van der Waals surface area (Å²) in [5.41, 5.74) is -0.472. The number of hydrogen-bond acceptors (Lipinski definition) is 4. The molecule has 1 heterocycles. The summed E-state index contributed by atoms with van der Waals surface area (Å²) in [6.07, 6.45) is 4.81. The van der Waals surface area contributed by atoms with Crippen molar-refractivity contribution in [2.45, 2.75) is 65.0 Å². The first-order chi connectivity index (χ1) is 11.9. The lowest BCUT2D eigenvalue weighted by Gasteiger charge is -2.35. The number of piperidine rings is 1. The highest BCUT2D eigenvalue weighted by Crippen LogP contribution is 2.18. The van der Waals surface area contributed by atoms with Crippen LogP contribution in [-0.4, -0.2) is 68.4 Å². The molecular formula is C18H37N5O2. The second-order valence-corrected chi connectivity index (χ2v) is 7.45. The van der Waals surface area contributed by atoms with Crippen molar-refractivity contribution in [2.24, 2.45) is 4.99 Å². The van der Waals surface area contributed by atoms with Crippen LogP contribution in [0, 0.1) is 0 Å². The van der Waals surface area contributed by atoms with E-state index in [1.807, 2.05) is 20.8 Å². The van der Waals surface area contributed by atoms with Crippen molar-refractivity contribution < 1.29 is 9.53 Å². The highest BCUT2D eigenvalue weighted by atomic mass is 16.6. The van der Waals surface area contributed by atoms with Gasteiger partial charge in [-0.25, -0.2) is 4.79 Å². The van der Waals surface area contributed by atoms with Crippen molar-refractivity contribution in [3.63, 3.8) is 0 Å². The predicted octanol–water partition coefficient (Wildman–Crippen LogP) is 1.94. The maximum absolute atomic E-state index is 11.6. The molecule has 0 aromatic rings. The number of hydrogen-bond donors (Lipinski definition) is 3. The number of rotatable bonds is 7. The molecule has 1 fully saturated rings. The average molecular weight is 356 g/mol. The van der Waals surface area contributed by atoms with Crippen LogP contribution in [0.4, 0.5) is 4.79 Å². The van der Waals surface area contributed by atoms with Crippen molar-refractivity contribution in [1.82, 2.24) is 20.9 Å². The molecule has 1 amide bonds. The van der Waals surface area contributed by atoms with E-state index < -0.39 is 11.7 Å². The molecule has 1 atom stereocenters. The molecule has 1 saturated heterocycles. The van der Waals surface area contributed by atoms with E-state index in [-0.39, 0.29) is 0 Å². The Hall–Kier alpha value is -1.50. The molecule has 7 nitrogen and oxygen atoms in total. The number of nitrogens with zero attached hydrogens (tertiary/aromatic N) is 2. The van der Waals surface area contributed by atoms with Crippen LogP contribution in [0.25, 0.3) is 0 Å². The fourth-order valence-electron chi connectivity index (χ4n) is 3.01. The third-order valence-corrected chi connectivity index (χ3v) is 4.22. The number of carbonyl (C=O) groups is 1. The molecule has 1 unspecified atom stereocenters. The van der Waals surface area contributed by atoms with E-state index in [1.165, 1.54) is 32.2 Å². The van der Waals surface area contributed by atoms with Gasteiger partial charge in [0.15, 0.2) is 5.96 Å². The first-order valence-electron chi connectivity index (χ1n) is 9.51. The maximum atomic E-state index is 11.6. The molecular weight excluding hydrogens is 318 g/mol. The molecule has 1 rings (SSSR count). The predicted molar refractivity (Wildman–Crippen MR) is 103 cm³/mol. The van der Waals surface area contributed by atoms with Crippen molar-refractivity contribution in [2.75, 3.05) is 39.8 Å². The van der Waals surface area contributed by atoms with Crippen LogP contribution in [-0.2, 0) is 4.74 Å². The van der Waals surface area contributed by atoms with Gasteiger partial charge in [0.25, 0.3) is 0 Å². The zero-order chi connectivity index (χ0) is 18.7. The first kappa shape index (κ1) is 21.5. The Morgan fingerprint density at radius 2 is 1.84 bits per heavy atom. The Kier molecular flexibility index (Phi) is 9.63. The number of alkyl carbamates (subject to hydrolysis) is 1.